The first-order chi connectivity index (χ1) is 5.74. The summed E-state index contributed by atoms with van der Waals surface area (Å²) >= 11 is 0. The van der Waals surface area contributed by atoms with E-state index >= 15 is 0 Å². The summed E-state index contributed by atoms with van der Waals surface area (Å²) in [5.74, 6) is 0.0153. The van der Waals surface area contributed by atoms with Crippen molar-refractivity contribution in [1.29, 1.82) is 0 Å². The molecule has 2 nitrogen and oxygen atoms in total. The highest BCUT2D eigenvalue weighted by Gasteiger charge is 2.02. The highest BCUT2D eigenvalue weighted by Crippen LogP contribution is 2.07. The molecule has 4 heteroatoms. The van der Waals surface area contributed by atoms with Crippen LogP contribution in [0, 0.1) is 5.82 Å². The van der Waals surface area contributed by atoms with Crippen LogP contribution >= 0.6 is 0 Å². The van der Waals surface area contributed by atoms with Crippen molar-refractivity contribution in [2.75, 3.05) is 12.3 Å². The van der Waals surface area contributed by atoms with E-state index in [-0.39, 0.29) is 5.82 Å². The fourth-order valence-corrected chi connectivity index (χ4v) is 1.76. The van der Waals surface area contributed by atoms with Gasteiger partial charge in [0.2, 0.25) is 0 Å². The van der Waals surface area contributed by atoms with Gasteiger partial charge in [0.15, 0.2) is 0 Å². The largest absolute Gasteiger partial charge is 0.330 e. The minimum absolute atomic E-state index is 0.350. The van der Waals surface area contributed by atoms with E-state index in [1.807, 2.05) is 0 Å². The van der Waals surface area contributed by atoms with Crippen LogP contribution in [-0.4, -0.2) is 16.5 Å². The van der Waals surface area contributed by atoms with Gasteiger partial charge in [0, 0.05) is 17.2 Å². The Balaban J connectivity index is 2.81. The maximum Gasteiger partial charge on any atom is 0.124 e. The van der Waals surface area contributed by atoms with Crippen molar-refractivity contribution in [2.45, 2.75) is 4.90 Å². The number of halogens is 1. The van der Waals surface area contributed by atoms with Gasteiger partial charge in [-0.05, 0) is 18.2 Å². The smallest absolute Gasteiger partial charge is 0.124 e. The standard InChI is InChI=1S/C8H10FNOS/c9-7-2-1-3-8(6-7)12(11)5-4-10/h1-3,6H,4-5,10H2. The molecular formula is C8H10FNOS. The lowest BCUT2D eigenvalue weighted by atomic mass is 10.4. The van der Waals surface area contributed by atoms with Crippen molar-refractivity contribution in [3.8, 4) is 0 Å². The number of benzene rings is 1. The van der Waals surface area contributed by atoms with E-state index < -0.39 is 10.8 Å². The van der Waals surface area contributed by atoms with Crippen molar-refractivity contribution in [1.82, 2.24) is 0 Å². The second-order valence-corrected chi connectivity index (χ2v) is 3.87. The lowest BCUT2D eigenvalue weighted by Crippen LogP contribution is -2.10. The van der Waals surface area contributed by atoms with Crippen molar-refractivity contribution < 1.29 is 8.60 Å². The normalized spacial score (nSPS) is 12.8. The van der Waals surface area contributed by atoms with Gasteiger partial charge in [-0.25, -0.2) is 4.39 Å². The Labute approximate surface area is 73.0 Å². The molecule has 0 aliphatic heterocycles. The molecule has 0 aromatic heterocycles. The van der Waals surface area contributed by atoms with Crippen LogP contribution in [0.4, 0.5) is 4.39 Å². The minimum atomic E-state index is -1.16. The van der Waals surface area contributed by atoms with E-state index in [0.29, 0.717) is 17.2 Å². The quantitative estimate of drug-likeness (QED) is 0.763. The molecule has 0 aliphatic carbocycles. The molecule has 0 saturated carbocycles. The number of hydrogen-bond donors (Lipinski definition) is 1. The van der Waals surface area contributed by atoms with Crippen LogP contribution in [0.25, 0.3) is 0 Å². The highest BCUT2D eigenvalue weighted by molar-refractivity contribution is 7.85. The third-order valence-corrected chi connectivity index (χ3v) is 2.75. The van der Waals surface area contributed by atoms with Crippen LogP contribution in [0.2, 0.25) is 0 Å². The molecule has 0 saturated heterocycles. The number of nitrogens with two attached hydrogens (primary N) is 1. The van der Waals surface area contributed by atoms with Crippen LogP contribution in [0.15, 0.2) is 29.2 Å². The van der Waals surface area contributed by atoms with E-state index in [0.717, 1.165) is 0 Å². The molecule has 1 aromatic rings. The molecular weight excluding hydrogens is 177 g/mol. The first-order valence-electron chi connectivity index (χ1n) is 3.58. The van der Waals surface area contributed by atoms with E-state index in [1.54, 1.807) is 12.1 Å². The van der Waals surface area contributed by atoms with E-state index in [9.17, 15) is 8.60 Å². The Bertz CT molecular complexity index is 290. The predicted molar refractivity (Wildman–Crippen MR) is 46.7 cm³/mol. The van der Waals surface area contributed by atoms with E-state index in [4.69, 9.17) is 5.73 Å². The molecule has 0 radical (unpaired) electrons. The van der Waals surface area contributed by atoms with Crippen LogP contribution in [0.5, 0.6) is 0 Å². The highest BCUT2D eigenvalue weighted by atomic mass is 32.2. The average molecular weight is 187 g/mol. The molecule has 0 spiro atoms. The van der Waals surface area contributed by atoms with Crippen molar-refractivity contribution in [3.05, 3.63) is 30.1 Å². The zero-order chi connectivity index (χ0) is 8.97. The van der Waals surface area contributed by atoms with Gasteiger partial charge in [-0.1, -0.05) is 6.07 Å². The van der Waals surface area contributed by atoms with Gasteiger partial charge < -0.3 is 5.73 Å². The summed E-state index contributed by atoms with van der Waals surface area (Å²) in [5.41, 5.74) is 5.22. The summed E-state index contributed by atoms with van der Waals surface area (Å²) in [5, 5.41) is 0. The fourth-order valence-electron chi connectivity index (χ4n) is 0.834. The van der Waals surface area contributed by atoms with E-state index in [2.05, 4.69) is 0 Å². The fraction of sp³-hybridized carbons (Fsp3) is 0.250. The summed E-state index contributed by atoms with van der Waals surface area (Å²) in [7, 11) is -1.16. The zero-order valence-corrected chi connectivity index (χ0v) is 7.31. The number of hydrogen-bond acceptors (Lipinski definition) is 2. The van der Waals surface area contributed by atoms with Crippen LogP contribution in [-0.2, 0) is 10.8 Å². The van der Waals surface area contributed by atoms with Gasteiger partial charge in [0.25, 0.3) is 0 Å². The lowest BCUT2D eigenvalue weighted by molar-refractivity contribution is 0.622. The Morgan fingerprint density at radius 3 is 2.83 bits per heavy atom. The Kier molecular flexibility index (Phi) is 3.37. The van der Waals surface area contributed by atoms with E-state index in [1.165, 1.54) is 12.1 Å². The molecule has 0 heterocycles. The van der Waals surface area contributed by atoms with Crippen LogP contribution in [0.1, 0.15) is 0 Å². The zero-order valence-electron chi connectivity index (χ0n) is 6.50. The molecule has 1 rings (SSSR count). The Morgan fingerprint density at radius 1 is 1.50 bits per heavy atom. The first kappa shape index (κ1) is 9.35. The molecule has 0 fully saturated rings. The third kappa shape index (κ3) is 2.39. The van der Waals surface area contributed by atoms with Gasteiger partial charge in [-0.2, -0.15) is 0 Å². The van der Waals surface area contributed by atoms with Gasteiger partial charge in [0.05, 0.1) is 10.8 Å². The second kappa shape index (κ2) is 4.33. The van der Waals surface area contributed by atoms with Crippen LogP contribution < -0.4 is 5.73 Å². The van der Waals surface area contributed by atoms with Gasteiger partial charge in [0.1, 0.15) is 5.82 Å². The summed E-state index contributed by atoms with van der Waals surface area (Å²) in [6.07, 6.45) is 0. The summed E-state index contributed by atoms with van der Waals surface area (Å²) in [4.78, 5) is 0.500. The molecule has 0 aliphatic rings. The molecule has 2 N–H and O–H groups in total. The summed E-state index contributed by atoms with van der Waals surface area (Å²) in [6, 6.07) is 5.77. The summed E-state index contributed by atoms with van der Waals surface area (Å²) in [6.45, 7) is 0.350. The van der Waals surface area contributed by atoms with Crippen LogP contribution in [0.3, 0.4) is 0 Å². The topological polar surface area (TPSA) is 43.1 Å². The Hall–Kier alpha value is -0.740. The SMILES string of the molecule is NCCS(=O)c1cccc(F)c1. The molecule has 1 unspecified atom stereocenters. The molecule has 0 bridgehead atoms. The predicted octanol–water partition coefficient (Wildman–Crippen LogP) is 0.892. The maximum absolute atomic E-state index is 12.6. The number of rotatable bonds is 3. The monoisotopic (exact) mass is 187 g/mol. The Morgan fingerprint density at radius 2 is 2.25 bits per heavy atom. The average Bonchev–Trinajstić information content (AvgIpc) is 2.05. The minimum Gasteiger partial charge on any atom is -0.330 e. The van der Waals surface area contributed by atoms with Crippen molar-refractivity contribution in [3.63, 3.8) is 0 Å². The third-order valence-electron chi connectivity index (χ3n) is 1.36. The molecule has 12 heavy (non-hydrogen) atoms. The first-order valence-corrected chi connectivity index (χ1v) is 4.90. The maximum atomic E-state index is 12.6. The van der Waals surface area contributed by atoms with Crippen molar-refractivity contribution in [2.24, 2.45) is 5.73 Å². The second-order valence-electron chi connectivity index (χ2n) is 2.30. The van der Waals surface area contributed by atoms with Gasteiger partial charge in [-0.3, -0.25) is 4.21 Å². The molecule has 0 amide bonds. The molecule has 1 atom stereocenters. The lowest BCUT2D eigenvalue weighted by Gasteiger charge is -1.99. The molecule has 66 valence electrons. The van der Waals surface area contributed by atoms with Gasteiger partial charge in [-0.15, -0.1) is 0 Å². The van der Waals surface area contributed by atoms with Crippen molar-refractivity contribution >= 4 is 10.8 Å². The molecule has 1 aromatic carbocycles. The van der Waals surface area contributed by atoms with Gasteiger partial charge >= 0.3 is 0 Å². The summed E-state index contributed by atoms with van der Waals surface area (Å²) < 4.78 is 23.9.